The number of carbonyl (C=O) groups excluding carboxylic acids is 1. The second kappa shape index (κ2) is 5.98. The molecule has 1 fully saturated rings. The first-order valence-corrected chi connectivity index (χ1v) is 6.14. The van der Waals surface area contributed by atoms with E-state index < -0.39 is 0 Å². The molecule has 18 heavy (non-hydrogen) atoms. The number of ether oxygens (including phenoxy) is 2. The number of methoxy groups -OCH3 is 2. The Bertz CT molecular complexity index is 420. The minimum absolute atomic E-state index is 0.324. The fraction of sp³-hybridized carbons (Fsp3) is 0.500. The van der Waals surface area contributed by atoms with E-state index in [1.165, 1.54) is 0 Å². The zero-order valence-corrected chi connectivity index (χ0v) is 10.9. The molecule has 1 aromatic carbocycles. The van der Waals surface area contributed by atoms with Crippen LogP contribution in [0.3, 0.4) is 0 Å². The monoisotopic (exact) mass is 249 g/mol. The van der Waals surface area contributed by atoms with Crippen molar-refractivity contribution >= 4 is 6.29 Å². The molecule has 2 rings (SSSR count). The van der Waals surface area contributed by atoms with Crippen LogP contribution in [0.15, 0.2) is 18.2 Å². The molecule has 0 saturated carbocycles. The van der Waals surface area contributed by atoms with Gasteiger partial charge in [0.15, 0.2) is 0 Å². The number of likely N-dealkylation sites (tertiary alicyclic amines) is 1. The molecule has 1 atom stereocenters. The fourth-order valence-corrected chi connectivity index (χ4v) is 2.37. The Morgan fingerprint density at radius 1 is 1.44 bits per heavy atom. The quantitative estimate of drug-likeness (QED) is 0.745. The second-order valence-corrected chi connectivity index (χ2v) is 4.57. The summed E-state index contributed by atoms with van der Waals surface area (Å²) < 4.78 is 10.7. The molecular weight excluding hydrogens is 230 g/mol. The van der Waals surface area contributed by atoms with Gasteiger partial charge in [-0.15, -0.1) is 0 Å². The summed E-state index contributed by atoms with van der Waals surface area (Å²) in [4.78, 5) is 13.1. The van der Waals surface area contributed by atoms with Crippen LogP contribution < -0.4 is 4.74 Å². The summed E-state index contributed by atoms with van der Waals surface area (Å²) in [7, 11) is 3.41. The van der Waals surface area contributed by atoms with E-state index in [1.807, 2.05) is 12.1 Å². The average molecular weight is 249 g/mol. The van der Waals surface area contributed by atoms with Crippen LogP contribution in [0.2, 0.25) is 0 Å². The van der Waals surface area contributed by atoms with Crippen molar-refractivity contribution in [2.75, 3.05) is 27.3 Å². The molecule has 0 bridgehead atoms. The Kier molecular flexibility index (Phi) is 4.33. The molecule has 4 heteroatoms. The summed E-state index contributed by atoms with van der Waals surface area (Å²) in [6, 6.07) is 5.52. The first-order valence-electron chi connectivity index (χ1n) is 6.14. The Labute approximate surface area is 107 Å². The van der Waals surface area contributed by atoms with E-state index in [4.69, 9.17) is 9.47 Å². The van der Waals surface area contributed by atoms with Crippen LogP contribution in [0.4, 0.5) is 0 Å². The van der Waals surface area contributed by atoms with E-state index >= 15 is 0 Å². The molecule has 1 unspecified atom stereocenters. The predicted molar refractivity (Wildman–Crippen MR) is 69.1 cm³/mol. The molecule has 1 aliphatic rings. The minimum Gasteiger partial charge on any atom is -0.496 e. The van der Waals surface area contributed by atoms with Gasteiger partial charge in [0.1, 0.15) is 12.0 Å². The summed E-state index contributed by atoms with van der Waals surface area (Å²) in [5.41, 5.74) is 1.74. The molecule has 0 N–H and O–H groups in total. The lowest BCUT2D eigenvalue weighted by Gasteiger charge is -2.17. The number of hydrogen-bond acceptors (Lipinski definition) is 4. The van der Waals surface area contributed by atoms with Gasteiger partial charge in [0.2, 0.25) is 0 Å². The van der Waals surface area contributed by atoms with Crippen LogP contribution in [-0.2, 0) is 11.3 Å². The summed E-state index contributed by atoms with van der Waals surface area (Å²) in [6.45, 7) is 2.75. The summed E-state index contributed by atoms with van der Waals surface area (Å²) in [6.07, 6.45) is 2.25. The highest BCUT2D eigenvalue weighted by atomic mass is 16.5. The van der Waals surface area contributed by atoms with E-state index in [-0.39, 0.29) is 0 Å². The first kappa shape index (κ1) is 13.1. The van der Waals surface area contributed by atoms with Gasteiger partial charge in [-0.05, 0) is 24.6 Å². The number of rotatable bonds is 5. The molecule has 1 heterocycles. The molecule has 0 aliphatic carbocycles. The van der Waals surface area contributed by atoms with Gasteiger partial charge in [0, 0.05) is 37.9 Å². The standard InChI is InChI=1S/C14H19NO3/c1-17-13-5-6-15(9-13)8-12-7-11(10-16)3-4-14(12)18-2/h3-4,7,10,13H,5-6,8-9H2,1-2H3. The van der Waals surface area contributed by atoms with Crippen LogP contribution >= 0.6 is 0 Å². The summed E-state index contributed by atoms with van der Waals surface area (Å²) >= 11 is 0. The van der Waals surface area contributed by atoms with Crippen molar-refractivity contribution in [1.82, 2.24) is 4.90 Å². The molecule has 0 spiro atoms. The van der Waals surface area contributed by atoms with Gasteiger partial charge in [-0.25, -0.2) is 0 Å². The Balaban J connectivity index is 2.10. The number of hydrogen-bond donors (Lipinski definition) is 0. The van der Waals surface area contributed by atoms with Crippen molar-refractivity contribution in [2.24, 2.45) is 0 Å². The van der Waals surface area contributed by atoms with Crippen molar-refractivity contribution in [1.29, 1.82) is 0 Å². The van der Waals surface area contributed by atoms with Gasteiger partial charge in [0.25, 0.3) is 0 Å². The zero-order chi connectivity index (χ0) is 13.0. The molecule has 1 aromatic rings. The Hall–Kier alpha value is -1.39. The van der Waals surface area contributed by atoms with Gasteiger partial charge >= 0.3 is 0 Å². The lowest BCUT2D eigenvalue weighted by molar-refractivity contribution is 0.107. The van der Waals surface area contributed by atoms with Crippen LogP contribution in [0, 0.1) is 0 Å². The molecule has 1 saturated heterocycles. The third-order valence-electron chi connectivity index (χ3n) is 3.40. The third-order valence-corrected chi connectivity index (χ3v) is 3.40. The summed E-state index contributed by atoms with van der Waals surface area (Å²) in [5.74, 6) is 0.835. The van der Waals surface area contributed by atoms with Crippen molar-refractivity contribution in [2.45, 2.75) is 19.1 Å². The van der Waals surface area contributed by atoms with E-state index in [2.05, 4.69) is 4.90 Å². The van der Waals surface area contributed by atoms with Crippen LogP contribution in [0.5, 0.6) is 5.75 Å². The highest BCUT2D eigenvalue weighted by Gasteiger charge is 2.22. The maximum Gasteiger partial charge on any atom is 0.150 e. The van der Waals surface area contributed by atoms with Gasteiger partial charge in [-0.2, -0.15) is 0 Å². The van der Waals surface area contributed by atoms with Crippen LogP contribution in [0.1, 0.15) is 22.3 Å². The van der Waals surface area contributed by atoms with Crippen LogP contribution in [-0.4, -0.2) is 44.6 Å². The lowest BCUT2D eigenvalue weighted by atomic mass is 10.1. The topological polar surface area (TPSA) is 38.8 Å². The molecule has 98 valence electrons. The number of aldehydes is 1. The van der Waals surface area contributed by atoms with Gasteiger partial charge in [0.05, 0.1) is 13.2 Å². The molecule has 0 amide bonds. The van der Waals surface area contributed by atoms with E-state index in [0.29, 0.717) is 11.7 Å². The third kappa shape index (κ3) is 2.89. The lowest BCUT2D eigenvalue weighted by Crippen LogP contribution is -2.22. The van der Waals surface area contributed by atoms with Crippen molar-refractivity contribution < 1.29 is 14.3 Å². The molecule has 0 aromatic heterocycles. The smallest absolute Gasteiger partial charge is 0.150 e. The summed E-state index contributed by atoms with van der Waals surface area (Å²) in [5, 5.41) is 0. The number of benzene rings is 1. The van der Waals surface area contributed by atoms with E-state index in [9.17, 15) is 4.79 Å². The van der Waals surface area contributed by atoms with Gasteiger partial charge in [-0.1, -0.05) is 0 Å². The van der Waals surface area contributed by atoms with Crippen molar-refractivity contribution in [3.05, 3.63) is 29.3 Å². The van der Waals surface area contributed by atoms with Crippen molar-refractivity contribution in [3.63, 3.8) is 0 Å². The fourth-order valence-electron chi connectivity index (χ4n) is 2.37. The predicted octanol–water partition coefficient (Wildman–Crippen LogP) is 1.73. The maximum absolute atomic E-state index is 10.8. The molecule has 1 aliphatic heterocycles. The molecule has 4 nitrogen and oxygen atoms in total. The number of carbonyl (C=O) groups is 1. The average Bonchev–Trinajstić information content (AvgIpc) is 2.86. The number of nitrogens with zero attached hydrogens (tertiary/aromatic N) is 1. The minimum atomic E-state index is 0.324. The first-order chi connectivity index (χ1) is 8.76. The SMILES string of the molecule is COc1ccc(C=O)cc1CN1CCC(OC)C1. The van der Waals surface area contributed by atoms with E-state index in [1.54, 1.807) is 20.3 Å². The van der Waals surface area contributed by atoms with Crippen molar-refractivity contribution in [3.8, 4) is 5.75 Å². The normalized spacial score (nSPS) is 20.0. The zero-order valence-electron chi connectivity index (χ0n) is 10.9. The molecular formula is C14H19NO3. The largest absolute Gasteiger partial charge is 0.496 e. The van der Waals surface area contributed by atoms with Gasteiger partial charge < -0.3 is 9.47 Å². The maximum atomic E-state index is 10.8. The van der Waals surface area contributed by atoms with E-state index in [0.717, 1.165) is 43.7 Å². The Morgan fingerprint density at radius 3 is 2.89 bits per heavy atom. The molecule has 0 radical (unpaired) electrons. The highest BCUT2D eigenvalue weighted by Crippen LogP contribution is 2.23. The highest BCUT2D eigenvalue weighted by molar-refractivity contribution is 5.75. The van der Waals surface area contributed by atoms with Crippen LogP contribution in [0.25, 0.3) is 0 Å². The Morgan fingerprint density at radius 2 is 2.28 bits per heavy atom. The van der Waals surface area contributed by atoms with Gasteiger partial charge in [-0.3, -0.25) is 9.69 Å². The second-order valence-electron chi connectivity index (χ2n) is 4.57.